The molecule has 0 aromatic rings. The zero-order valence-electron chi connectivity index (χ0n) is 18.8. The zero-order chi connectivity index (χ0) is 21.0. The Bertz CT molecular complexity index is 769. The zero-order valence-corrected chi connectivity index (χ0v) is 28.3. The van der Waals surface area contributed by atoms with Crippen LogP contribution in [0.5, 0.6) is 0 Å². The first-order valence-electron chi connectivity index (χ1n) is 10.4. The van der Waals surface area contributed by atoms with Crippen LogP contribution in [0.15, 0.2) is 11.1 Å². The van der Waals surface area contributed by atoms with Crippen molar-refractivity contribution in [1.29, 1.82) is 0 Å². The summed E-state index contributed by atoms with van der Waals surface area (Å²) in [6.45, 7) is 11.2. The van der Waals surface area contributed by atoms with Crippen molar-refractivity contribution in [3.05, 3.63) is 11.1 Å². The minimum absolute atomic E-state index is 0. The molecule has 164 valence electrons. The third-order valence-electron chi connectivity index (χ3n) is 9.34. The van der Waals surface area contributed by atoms with Crippen molar-refractivity contribution in [3.8, 4) is 0 Å². The van der Waals surface area contributed by atoms with Gasteiger partial charge in [-0.25, -0.2) is 0 Å². The molecule has 2 saturated carbocycles. The van der Waals surface area contributed by atoms with Crippen molar-refractivity contribution < 1.29 is 118 Å². The molecule has 3 fully saturated rings. The fourth-order valence-electron chi connectivity index (χ4n) is 7.30. The van der Waals surface area contributed by atoms with Crippen LogP contribution in [0.2, 0.25) is 0 Å². The summed E-state index contributed by atoms with van der Waals surface area (Å²) in [7, 11) is 0. The molecule has 9 atom stereocenters. The van der Waals surface area contributed by atoms with Gasteiger partial charge >= 0.3 is 0 Å². The maximum absolute atomic E-state index is 13.8. The second-order valence-corrected chi connectivity index (χ2v) is 10.6. The average molecular weight is 849 g/mol. The molecule has 30 heavy (non-hydrogen) atoms. The third kappa shape index (κ3) is 3.28. The third-order valence-corrected chi connectivity index (χ3v) is 9.34. The molecule has 4 aliphatic rings. The van der Waals surface area contributed by atoms with Crippen molar-refractivity contribution in [2.45, 2.75) is 83.9 Å². The Hall–Kier alpha value is 2.09. The first-order valence-corrected chi connectivity index (χ1v) is 10.4. The number of fused-ring (bicyclic) bond motifs is 5. The average Bonchev–Trinajstić information content (AvgIpc) is 2.60. The standard InChI is InChI=1S/C22H34O6.2Ac/c1-10-7-14-21(26,9-28-14)17-12(3)22(27)8-13(23)11(2)15(19(22,4)5)16(24)18(25)20(10,17)6;;/h10,12-14,16-17,23-24,26-27H,7-9H2,1-6H3;;/t10-,12-,13-,14+,16+,17-,20+,21-,22+;;/m0../s1. The summed E-state index contributed by atoms with van der Waals surface area (Å²) in [6.07, 6.45) is -2.08. The van der Waals surface area contributed by atoms with Gasteiger partial charge in [-0.05, 0) is 36.3 Å². The molecular weight excluding hydrogens is 814 g/mol. The van der Waals surface area contributed by atoms with E-state index in [4.69, 9.17) is 4.74 Å². The Morgan fingerprint density at radius 1 is 1.07 bits per heavy atom. The van der Waals surface area contributed by atoms with Crippen molar-refractivity contribution in [2.75, 3.05) is 6.61 Å². The molecule has 8 heteroatoms. The summed E-state index contributed by atoms with van der Waals surface area (Å²) in [4.78, 5) is 13.8. The van der Waals surface area contributed by atoms with E-state index in [2.05, 4.69) is 0 Å². The minimum Gasteiger partial charge on any atom is -0.389 e. The molecule has 0 amide bonds. The molecule has 1 heterocycles. The number of aliphatic hydroxyl groups is 4. The molecule has 1 saturated heterocycles. The van der Waals surface area contributed by atoms with E-state index < -0.39 is 46.1 Å². The van der Waals surface area contributed by atoms with Gasteiger partial charge < -0.3 is 25.2 Å². The monoisotopic (exact) mass is 848 g/mol. The topological polar surface area (TPSA) is 107 Å². The molecule has 0 spiro atoms. The summed E-state index contributed by atoms with van der Waals surface area (Å²) in [5, 5.41) is 45.5. The van der Waals surface area contributed by atoms with Gasteiger partial charge in [0.1, 0.15) is 11.7 Å². The van der Waals surface area contributed by atoms with Crippen molar-refractivity contribution in [3.63, 3.8) is 0 Å². The smallest absolute Gasteiger partial charge is 0.172 e. The number of ketones is 1. The molecule has 3 aliphatic carbocycles. The molecule has 2 radical (unpaired) electrons. The van der Waals surface area contributed by atoms with E-state index in [1.165, 1.54) is 0 Å². The Balaban J connectivity index is 0.00000160. The van der Waals surface area contributed by atoms with Gasteiger partial charge in [-0.15, -0.1) is 0 Å². The first-order chi connectivity index (χ1) is 12.7. The first kappa shape index (κ1) is 28.3. The maximum Gasteiger partial charge on any atom is 0.172 e. The van der Waals surface area contributed by atoms with Gasteiger partial charge in [0.2, 0.25) is 0 Å². The van der Waals surface area contributed by atoms with Crippen molar-refractivity contribution >= 4 is 5.78 Å². The number of carbonyl (C=O) groups is 1. The van der Waals surface area contributed by atoms with Crippen LogP contribution < -0.4 is 0 Å². The number of rotatable bonds is 0. The van der Waals surface area contributed by atoms with E-state index in [-0.39, 0.29) is 119 Å². The van der Waals surface area contributed by atoms with Gasteiger partial charge in [0.15, 0.2) is 5.78 Å². The largest absolute Gasteiger partial charge is 0.389 e. The van der Waals surface area contributed by atoms with Crippen molar-refractivity contribution in [2.24, 2.45) is 28.6 Å². The van der Waals surface area contributed by atoms with Crippen LogP contribution in [0, 0.1) is 117 Å². The van der Waals surface area contributed by atoms with Crippen LogP contribution in [-0.4, -0.2) is 62.3 Å². The minimum atomic E-state index is -1.42. The van der Waals surface area contributed by atoms with Gasteiger partial charge in [-0.1, -0.05) is 34.6 Å². The van der Waals surface area contributed by atoms with Gasteiger partial charge in [-0.3, -0.25) is 4.79 Å². The Labute approximate surface area is 250 Å². The van der Waals surface area contributed by atoms with Crippen LogP contribution in [0.4, 0.5) is 0 Å². The van der Waals surface area contributed by atoms with Crippen molar-refractivity contribution in [1.82, 2.24) is 0 Å². The van der Waals surface area contributed by atoms with Crippen LogP contribution >= 0.6 is 0 Å². The molecule has 4 rings (SSSR count). The molecule has 4 N–H and O–H groups in total. The predicted octanol–water partition coefficient (Wildman–Crippen LogP) is 1.20. The quantitative estimate of drug-likeness (QED) is 0.274. The van der Waals surface area contributed by atoms with E-state index in [0.717, 1.165) is 0 Å². The number of hydrogen-bond acceptors (Lipinski definition) is 6. The summed E-state index contributed by atoms with van der Waals surface area (Å²) in [6, 6.07) is 0. The van der Waals surface area contributed by atoms with E-state index in [9.17, 15) is 25.2 Å². The summed E-state index contributed by atoms with van der Waals surface area (Å²) >= 11 is 0. The fourth-order valence-corrected chi connectivity index (χ4v) is 7.30. The molecule has 1 aliphatic heterocycles. The maximum atomic E-state index is 13.8. The summed E-state index contributed by atoms with van der Waals surface area (Å²) in [5.41, 5.74) is -3.55. The number of ether oxygens (including phenoxy) is 1. The number of hydrogen-bond donors (Lipinski definition) is 4. The fraction of sp³-hybridized carbons (Fsp3) is 0.864. The molecule has 0 unspecified atom stereocenters. The Kier molecular flexibility index (Phi) is 8.16. The van der Waals surface area contributed by atoms with Crippen LogP contribution in [0.25, 0.3) is 0 Å². The Morgan fingerprint density at radius 3 is 2.13 bits per heavy atom. The number of carbonyl (C=O) groups excluding carboxylic acids is 1. The second kappa shape index (κ2) is 8.64. The number of aliphatic hydroxyl groups excluding tert-OH is 2. The predicted molar refractivity (Wildman–Crippen MR) is 102 cm³/mol. The summed E-state index contributed by atoms with van der Waals surface area (Å²) in [5.74, 6) is -1.51. The van der Waals surface area contributed by atoms with E-state index in [0.29, 0.717) is 17.6 Å². The summed E-state index contributed by atoms with van der Waals surface area (Å²) < 4.78 is 5.65. The van der Waals surface area contributed by atoms with Gasteiger partial charge in [0, 0.05) is 111 Å². The molecule has 2 bridgehead atoms. The molecule has 6 nitrogen and oxygen atoms in total. The number of Topliss-reactive ketones (excluding diaryl/α,β-unsaturated/α-hetero) is 1. The molecule has 0 aromatic heterocycles. The van der Waals surface area contributed by atoms with E-state index in [1.807, 2.05) is 34.6 Å². The van der Waals surface area contributed by atoms with E-state index >= 15 is 0 Å². The molecule has 0 aromatic carbocycles. The van der Waals surface area contributed by atoms with Gasteiger partial charge in [0.05, 0.1) is 24.4 Å². The second-order valence-electron chi connectivity index (χ2n) is 10.6. The normalized spacial score (nSPS) is 51.9. The molecular formula is C22H34Ac2O6. The van der Waals surface area contributed by atoms with Crippen LogP contribution in [-0.2, 0) is 9.53 Å². The van der Waals surface area contributed by atoms with Crippen LogP contribution in [0.3, 0.4) is 0 Å². The SMILES string of the molecule is CC1=C2[C@@H](O)C(=O)[C@@]3(C)[C@H]([C@H](C)[C@](O)(C[C@@H]1O)C2(C)C)[C@]1(O)CO[C@@H]1C[C@@H]3C.[Ac].[Ac]. The van der Waals surface area contributed by atoms with Crippen LogP contribution in [0.1, 0.15) is 54.4 Å². The van der Waals surface area contributed by atoms with E-state index in [1.54, 1.807) is 6.92 Å². The van der Waals surface area contributed by atoms with Gasteiger partial charge in [0.25, 0.3) is 0 Å². The Morgan fingerprint density at radius 2 is 1.63 bits per heavy atom. The van der Waals surface area contributed by atoms with Gasteiger partial charge in [-0.2, -0.15) is 0 Å².